The van der Waals surface area contributed by atoms with Crippen LogP contribution in [0.2, 0.25) is 0 Å². The molecule has 2 rings (SSSR count). The van der Waals surface area contributed by atoms with E-state index >= 15 is 0 Å². The normalized spacial score (nSPS) is 10.5. The molecule has 1 aromatic carbocycles. The predicted octanol–water partition coefficient (Wildman–Crippen LogP) is 0.500. The summed E-state index contributed by atoms with van der Waals surface area (Å²) >= 11 is 0. The van der Waals surface area contributed by atoms with E-state index in [0.29, 0.717) is 16.7 Å². The summed E-state index contributed by atoms with van der Waals surface area (Å²) in [5, 5.41) is 0.330. The van der Waals surface area contributed by atoms with Crippen molar-refractivity contribution < 1.29 is 9.15 Å². The van der Waals surface area contributed by atoms with Gasteiger partial charge in [-0.05, 0) is 12.1 Å². The average Bonchev–Trinajstić information content (AvgIpc) is 2.25. The number of fused-ring (bicyclic) bond motifs is 1. The highest BCUT2D eigenvalue weighted by atomic mass is 16.5. The van der Waals surface area contributed by atoms with Gasteiger partial charge in [0, 0.05) is 7.05 Å². The van der Waals surface area contributed by atoms with E-state index in [9.17, 15) is 9.59 Å². The molecule has 1 aromatic heterocycles. The Morgan fingerprint density at radius 1 is 1.33 bits per heavy atom. The zero-order chi connectivity index (χ0) is 11.0. The van der Waals surface area contributed by atoms with Gasteiger partial charge >= 0.3 is 11.4 Å². The first-order valence-electron chi connectivity index (χ1n) is 4.32. The lowest BCUT2D eigenvalue weighted by molar-refractivity contribution is 0.406. The molecular formula is C10H9NO4. The molecule has 0 amide bonds. The SMILES string of the molecule is COc1cccc2c(=O)oc(=O)n(C)c12. The van der Waals surface area contributed by atoms with Crippen LogP contribution in [0.4, 0.5) is 0 Å². The molecule has 1 heterocycles. The van der Waals surface area contributed by atoms with Crippen LogP contribution in [-0.2, 0) is 7.05 Å². The maximum Gasteiger partial charge on any atom is 0.422 e. The number of aryl methyl sites for hydroxylation is 1. The number of aromatic nitrogens is 1. The highest BCUT2D eigenvalue weighted by Crippen LogP contribution is 2.20. The van der Waals surface area contributed by atoms with Crippen LogP contribution in [0, 0.1) is 0 Å². The lowest BCUT2D eigenvalue weighted by atomic mass is 10.2. The van der Waals surface area contributed by atoms with Crippen molar-refractivity contribution in [1.82, 2.24) is 4.57 Å². The molecule has 0 bridgehead atoms. The van der Waals surface area contributed by atoms with E-state index in [1.165, 1.54) is 18.7 Å². The van der Waals surface area contributed by atoms with Crippen molar-refractivity contribution in [3.8, 4) is 5.75 Å². The van der Waals surface area contributed by atoms with Gasteiger partial charge in [0.25, 0.3) is 0 Å². The van der Waals surface area contributed by atoms with Gasteiger partial charge in [0.15, 0.2) is 0 Å². The van der Waals surface area contributed by atoms with Crippen molar-refractivity contribution in [3.05, 3.63) is 39.2 Å². The van der Waals surface area contributed by atoms with Crippen LogP contribution in [0.3, 0.4) is 0 Å². The van der Waals surface area contributed by atoms with Gasteiger partial charge in [0.05, 0.1) is 12.5 Å². The maximum atomic E-state index is 11.4. The second-order valence-electron chi connectivity index (χ2n) is 3.07. The first-order valence-corrected chi connectivity index (χ1v) is 4.32. The van der Waals surface area contributed by atoms with E-state index in [1.54, 1.807) is 18.2 Å². The summed E-state index contributed by atoms with van der Waals surface area (Å²) in [5.41, 5.74) is -0.201. The fourth-order valence-electron chi connectivity index (χ4n) is 1.49. The van der Waals surface area contributed by atoms with Crippen LogP contribution in [0.5, 0.6) is 5.75 Å². The zero-order valence-electron chi connectivity index (χ0n) is 8.31. The third-order valence-corrected chi connectivity index (χ3v) is 2.23. The smallest absolute Gasteiger partial charge is 0.422 e. The van der Waals surface area contributed by atoms with Gasteiger partial charge in [-0.25, -0.2) is 9.59 Å². The molecule has 0 spiro atoms. The molecule has 0 saturated carbocycles. The van der Waals surface area contributed by atoms with Crippen LogP contribution >= 0.6 is 0 Å². The molecule has 0 aliphatic heterocycles. The van der Waals surface area contributed by atoms with Crippen molar-refractivity contribution in [3.63, 3.8) is 0 Å². The number of methoxy groups -OCH3 is 1. The van der Waals surface area contributed by atoms with Gasteiger partial charge in [0.2, 0.25) is 0 Å². The van der Waals surface area contributed by atoms with Crippen LogP contribution in [0.15, 0.2) is 32.2 Å². The molecule has 0 saturated heterocycles. The van der Waals surface area contributed by atoms with Crippen molar-refractivity contribution >= 4 is 10.9 Å². The number of rotatable bonds is 1. The molecule has 0 aliphatic carbocycles. The average molecular weight is 207 g/mol. The topological polar surface area (TPSA) is 61.4 Å². The zero-order valence-corrected chi connectivity index (χ0v) is 8.31. The van der Waals surface area contributed by atoms with Crippen molar-refractivity contribution in [2.75, 3.05) is 7.11 Å². The number of hydrogen-bond acceptors (Lipinski definition) is 4. The molecule has 0 unspecified atom stereocenters. The van der Waals surface area contributed by atoms with E-state index in [1.807, 2.05) is 0 Å². The summed E-state index contributed by atoms with van der Waals surface area (Å²) in [7, 11) is 3.00. The Labute approximate surface area is 84.5 Å². The van der Waals surface area contributed by atoms with Crippen molar-refractivity contribution in [1.29, 1.82) is 0 Å². The third-order valence-electron chi connectivity index (χ3n) is 2.23. The lowest BCUT2D eigenvalue weighted by Gasteiger charge is -2.06. The maximum absolute atomic E-state index is 11.4. The van der Waals surface area contributed by atoms with Gasteiger partial charge in [-0.15, -0.1) is 0 Å². The third kappa shape index (κ3) is 1.32. The molecule has 2 aromatic rings. The minimum absolute atomic E-state index is 0.330. The van der Waals surface area contributed by atoms with Gasteiger partial charge in [-0.3, -0.25) is 4.57 Å². The molecule has 15 heavy (non-hydrogen) atoms. The Morgan fingerprint density at radius 2 is 2.07 bits per heavy atom. The number of hydrogen-bond donors (Lipinski definition) is 0. The minimum atomic E-state index is -0.697. The molecule has 0 radical (unpaired) electrons. The number of ether oxygens (including phenoxy) is 1. The van der Waals surface area contributed by atoms with Crippen molar-refractivity contribution in [2.24, 2.45) is 7.05 Å². The van der Waals surface area contributed by atoms with Crippen LogP contribution in [-0.4, -0.2) is 11.7 Å². The summed E-state index contributed by atoms with van der Waals surface area (Å²) in [6.07, 6.45) is 0. The van der Waals surface area contributed by atoms with Crippen LogP contribution in [0.25, 0.3) is 10.9 Å². The lowest BCUT2D eigenvalue weighted by Crippen LogP contribution is -2.22. The summed E-state index contributed by atoms with van der Waals surface area (Å²) < 4.78 is 10.8. The van der Waals surface area contributed by atoms with Gasteiger partial charge in [0.1, 0.15) is 11.3 Å². The largest absolute Gasteiger partial charge is 0.495 e. The highest BCUT2D eigenvalue weighted by Gasteiger charge is 2.10. The summed E-state index contributed by atoms with van der Waals surface area (Å²) in [6, 6.07) is 4.94. The molecule has 0 atom stereocenters. The Balaban J connectivity index is 3.10. The molecule has 0 fully saturated rings. The van der Waals surface area contributed by atoms with E-state index < -0.39 is 11.4 Å². The Kier molecular flexibility index (Phi) is 2.07. The van der Waals surface area contributed by atoms with E-state index in [4.69, 9.17) is 4.74 Å². The standard InChI is InChI=1S/C10H9NO4/c1-11-8-6(9(12)15-10(11)13)4-3-5-7(8)14-2/h3-5H,1-2H3. The monoisotopic (exact) mass is 207 g/mol. The number of benzene rings is 1. The Morgan fingerprint density at radius 3 is 2.73 bits per heavy atom. The second-order valence-corrected chi connectivity index (χ2v) is 3.07. The van der Waals surface area contributed by atoms with Crippen LogP contribution in [0.1, 0.15) is 0 Å². The summed E-state index contributed by atoms with van der Waals surface area (Å²) in [5.74, 6) is -0.225. The van der Waals surface area contributed by atoms with E-state index in [2.05, 4.69) is 4.42 Å². The molecule has 0 N–H and O–H groups in total. The van der Waals surface area contributed by atoms with Gasteiger partial charge in [-0.2, -0.15) is 0 Å². The summed E-state index contributed by atoms with van der Waals surface area (Å²) in [4.78, 5) is 22.6. The van der Waals surface area contributed by atoms with Crippen LogP contribution < -0.4 is 16.1 Å². The first-order chi connectivity index (χ1) is 7.15. The van der Waals surface area contributed by atoms with E-state index in [0.717, 1.165) is 0 Å². The number of nitrogens with zero attached hydrogens (tertiary/aromatic N) is 1. The fourth-order valence-corrected chi connectivity index (χ4v) is 1.49. The van der Waals surface area contributed by atoms with Crippen molar-refractivity contribution in [2.45, 2.75) is 0 Å². The number of para-hydroxylation sites is 1. The first kappa shape index (κ1) is 9.51. The fraction of sp³-hybridized carbons (Fsp3) is 0.200. The van der Waals surface area contributed by atoms with Gasteiger partial charge in [-0.1, -0.05) is 6.07 Å². The molecule has 5 heteroatoms. The summed E-state index contributed by atoms with van der Waals surface area (Å²) in [6.45, 7) is 0. The predicted molar refractivity (Wildman–Crippen MR) is 54.3 cm³/mol. The molecule has 78 valence electrons. The molecule has 5 nitrogen and oxygen atoms in total. The minimum Gasteiger partial charge on any atom is -0.495 e. The second kappa shape index (κ2) is 3.27. The Hall–Kier alpha value is -2.04. The van der Waals surface area contributed by atoms with Gasteiger partial charge < -0.3 is 9.15 Å². The Bertz CT molecular complexity index is 623. The molecular weight excluding hydrogens is 198 g/mol. The highest BCUT2D eigenvalue weighted by molar-refractivity contribution is 5.83. The van der Waals surface area contributed by atoms with E-state index in [-0.39, 0.29) is 0 Å². The molecule has 0 aliphatic rings. The quantitative estimate of drug-likeness (QED) is 0.683.